The summed E-state index contributed by atoms with van der Waals surface area (Å²) in [5.41, 5.74) is 0.749. The third-order valence-corrected chi connectivity index (χ3v) is 5.68. The molecule has 158 valence electrons. The number of halogens is 1. The number of nitrogens with zero attached hydrogens (tertiary/aromatic N) is 3. The van der Waals surface area contributed by atoms with Crippen LogP contribution in [0.2, 0.25) is 0 Å². The fourth-order valence-electron chi connectivity index (χ4n) is 3.78. The van der Waals surface area contributed by atoms with Gasteiger partial charge in [0.15, 0.2) is 11.3 Å². The first-order chi connectivity index (χ1) is 14.8. The van der Waals surface area contributed by atoms with E-state index in [4.69, 9.17) is 4.74 Å². The van der Waals surface area contributed by atoms with E-state index >= 15 is 0 Å². The molecular formula is C20H15BrN4O6. The van der Waals surface area contributed by atoms with Gasteiger partial charge in [-0.25, -0.2) is 9.69 Å². The van der Waals surface area contributed by atoms with Crippen molar-refractivity contribution in [3.8, 4) is 0 Å². The molecule has 31 heavy (non-hydrogen) atoms. The van der Waals surface area contributed by atoms with Crippen molar-refractivity contribution in [3.05, 3.63) is 68.7 Å². The molecule has 0 aliphatic carbocycles. The first kappa shape index (κ1) is 20.7. The average molecular weight is 487 g/mol. The van der Waals surface area contributed by atoms with Crippen molar-refractivity contribution in [2.45, 2.75) is 12.5 Å². The van der Waals surface area contributed by atoms with Crippen LogP contribution in [0.1, 0.15) is 12.5 Å². The van der Waals surface area contributed by atoms with Crippen molar-refractivity contribution >= 4 is 50.8 Å². The first-order valence-corrected chi connectivity index (χ1v) is 10.0. The summed E-state index contributed by atoms with van der Waals surface area (Å²) in [5.74, 6) is -3.57. The molecule has 2 atom stereocenters. The number of nitrogens with one attached hydrogen (secondary N) is 1. The topological polar surface area (TPSA) is 131 Å². The van der Waals surface area contributed by atoms with Gasteiger partial charge < -0.3 is 4.74 Å². The number of imide groups is 1. The van der Waals surface area contributed by atoms with Crippen LogP contribution in [0.15, 0.2) is 58.1 Å². The molecule has 11 heteroatoms. The SMILES string of the molecule is CCOC(=O)C1=NN[C@@]2(c3cccc([N+](=O)[O-])c3)C(=O)N(c3ccc(Br)cc3)C(=O)[C@H]12. The molecular weight excluding hydrogens is 472 g/mol. The normalized spacial score (nSPS) is 22.1. The maximum absolute atomic E-state index is 13.6. The van der Waals surface area contributed by atoms with Crippen molar-refractivity contribution in [1.82, 2.24) is 5.43 Å². The largest absolute Gasteiger partial charge is 0.461 e. The molecule has 2 heterocycles. The van der Waals surface area contributed by atoms with Crippen molar-refractivity contribution < 1.29 is 24.0 Å². The van der Waals surface area contributed by atoms with Crippen LogP contribution >= 0.6 is 15.9 Å². The second kappa shape index (κ2) is 7.58. The number of nitro groups is 1. The Balaban J connectivity index is 1.89. The Bertz CT molecular complexity index is 1150. The number of hydrogen-bond acceptors (Lipinski definition) is 8. The summed E-state index contributed by atoms with van der Waals surface area (Å²) in [5, 5.41) is 15.2. The molecule has 0 saturated carbocycles. The lowest BCUT2D eigenvalue weighted by Gasteiger charge is -2.26. The molecule has 0 radical (unpaired) electrons. The number of ether oxygens (including phenoxy) is 1. The summed E-state index contributed by atoms with van der Waals surface area (Å²) in [7, 11) is 0. The van der Waals surface area contributed by atoms with Gasteiger partial charge in [0, 0.05) is 16.6 Å². The van der Waals surface area contributed by atoms with Gasteiger partial charge in [-0.05, 0) is 36.8 Å². The zero-order valence-corrected chi connectivity index (χ0v) is 17.7. The smallest absolute Gasteiger partial charge is 0.355 e. The predicted octanol–water partition coefficient (Wildman–Crippen LogP) is 2.26. The van der Waals surface area contributed by atoms with Gasteiger partial charge in [-0.15, -0.1) is 0 Å². The Morgan fingerprint density at radius 2 is 2.00 bits per heavy atom. The molecule has 2 aromatic rings. The molecule has 2 aromatic carbocycles. The maximum atomic E-state index is 13.6. The van der Waals surface area contributed by atoms with Crippen molar-refractivity contribution in [3.63, 3.8) is 0 Å². The number of amides is 2. The van der Waals surface area contributed by atoms with Crippen LogP contribution in [0.4, 0.5) is 11.4 Å². The fourth-order valence-corrected chi connectivity index (χ4v) is 4.05. The van der Waals surface area contributed by atoms with E-state index in [1.807, 2.05) is 0 Å². The van der Waals surface area contributed by atoms with Crippen molar-refractivity contribution in [2.75, 3.05) is 11.5 Å². The number of anilines is 1. The summed E-state index contributed by atoms with van der Waals surface area (Å²) < 4.78 is 5.76. The molecule has 0 spiro atoms. The standard InChI is InChI=1S/C20H15BrN4O6/c1-2-31-18(27)16-15-17(26)24(13-8-6-12(21)7-9-13)19(28)20(15,23-22-16)11-4-3-5-14(10-11)25(29)30/h3-10,15,23H,2H2,1H3/t15-,20+/m0/s1. The Morgan fingerprint density at radius 1 is 1.29 bits per heavy atom. The van der Waals surface area contributed by atoms with E-state index in [0.29, 0.717) is 5.69 Å². The van der Waals surface area contributed by atoms with Gasteiger partial charge >= 0.3 is 5.97 Å². The Morgan fingerprint density at radius 3 is 2.65 bits per heavy atom. The number of benzene rings is 2. The third kappa shape index (κ3) is 3.08. The summed E-state index contributed by atoms with van der Waals surface area (Å²) in [6.07, 6.45) is 0. The van der Waals surface area contributed by atoms with Crippen LogP contribution in [-0.4, -0.2) is 35.0 Å². The molecule has 2 aliphatic heterocycles. The lowest BCUT2D eigenvalue weighted by atomic mass is 9.78. The molecule has 0 unspecified atom stereocenters. The zero-order valence-electron chi connectivity index (χ0n) is 16.1. The molecule has 10 nitrogen and oxygen atoms in total. The molecule has 1 N–H and O–H groups in total. The van der Waals surface area contributed by atoms with Crippen LogP contribution in [0, 0.1) is 16.0 Å². The van der Waals surface area contributed by atoms with Crippen molar-refractivity contribution in [2.24, 2.45) is 11.0 Å². The number of hydrogen-bond donors (Lipinski definition) is 1. The number of nitro benzene ring substituents is 1. The minimum absolute atomic E-state index is 0.0486. The Hall–Kier alpha value is -3.60. The van der Waals surface area contributed by atoms with Gasteiger partial charge in [0.25, 0.3) is 11.6 Å². The number of rotatable bonds is 5. The molecule has 1 fully saturated rings. The maximum Gasteiger partial charge on any atom is 0.355 e. The highest BCUT2D eigenvalue weighted by molar-refractivity contribution is 9.10. The lowest BCUT2D eigenvalue weighted by Crippen LogP contribution is -2.48. The van der Waals surface area contributed by atoms with Crippen LogP contribution in [0.5, 0.6) is 0 Å². The second-order valence-electron chi connectivity index (χ2n) is 6.83. The highest BCUT2D eigenvalue weighted by Gasteiger charge is 2.67. The van der Waals surface area contributed by atoms with E-state index in [9.17, 15) is 24.5 Å². The summed E-state index contributed by atoms with van der Waals surface area (Å²) in [4.78, 5) is 51.2. The number of hydrazone groups is 1. The van der Waals surface area contributed by atoms with E-state index < -0.39 is 34.2 Å². The van der Waals surface area contributed by atoms with Crippen LogP contribution in [-0.2, 0) is 24.7 Å². The van der Waals surface area contributed by atoms with E-state index in [1.54, 1.807) is 31.2 Å². The van der Waals surface area contributed by atoms with Crippen LogP contribution in [0.3, 0.4) is 0 Å². The Kier molecular flexibility index (Phi) is 5.05. The van der Waals surface area contributed by atoms with E-state index in [0.717, 1.165) is 9.37 Å². The van der Waals surface area contributed by atoms with E-state index in [-0.39, 0.29) is 23.6 Å². The van der Waals surface area contributed by atoms with E-state index in [1.165, 1.54) is 24.3 Å². The van der Waals surface area contributed by atoms with Gasteiger partial charge in [-0.3, -0.25) is 25.1 Å². The molecule has 2 amide bonds. The number of carbonyl (C=O) groups is 3. The molecule has 0 bridgehead atoms. The van der Waals surface area contributed by atoms with Gasteiger partial charge in [-0.2, -0.15) is 5.10 Å². The number of non-ortho nitro benzene ring substituents is 1. The minimum Gasteiger partial charge on any atom is -0.461 e. The van der Waals surface area contributed by atoms with Crippen molar-refractivity contribution in [1.29, 1.82) is 0 Å². The van der Waals surface area contributed by atoms with Crippen LogP contribution in [0.25, 0.3) is 0 Å². The van der Waals surface area contributed by atoms with E-state index in [2.05, 4.69) is 26.5 Å². The minimum atomic E-state index is -1.81. The quantitative estimate of drug-likeness (QED) is 0.296. The van der Waals surface area contributed by atoms with Gasteiger partial charge in [0.1, 0.15) is 5.92 Å². The Labute approximate surface area is 184 Å². The third-order valence-electron chi connectivity index (χ3n) is 5.15. The summed E-state index contributed by atoms with van der Waals surface area (Å²) in [6, 6.07) is 11.8. The van der Waals surface area contributed by atoms with Gasteiger partial charge in [0.05, 0.1) is 17.2 Å². The van der Waals surface area contributed by atoms with Gasteiger partial charge in [0.2, 0.25) is 5.91 Å². The van der Waals surface area contributed by atoms with Gasteiger partial charge in [-0.1, -0.05) is 28.1 Å². The first-order valence-electron chi connectivity index (χ1n) is 9.22. The summed E-state index contributed by atoms with van der Waals surface area (Å²) >= 11 is 3.30. The number of esters is 1. The molecule has 1 saturated heterocycles. The second-order valence-corrected chi connectivity index (χ2v) is 7.75. The monoisotopic (exact) mass is 486 g/mol. The molecule has 4 rings (SSSR count). The fraction of sp³-hybridized carbons (Fsp3) is 0.200. The lowest BCUT2D eigenvalue weighted by molar-refractivity contribution is -0.385. The highest BCUT2D eigenvalue weighted by atomic mass is 79.9. The average Bonchev–Trinajstić information content (AvgIpc) is 3.25. The predicted molar refractivity (Wildman–Crippen MR) is 112 cm³/mol. The molecule has 0 aromatic heterocycles. The van der Waals surface area contributed by atoms with Crippen LogP contribution < -0.4 is 10.3 Å². The molecule has 2 aliphatic rings. The zero-order chi connectivity index (χ0) is 22.3. The number of carbonyl (C=O) groups excluding carboxylic acids is 3. The summed E-state index contributed by atoms with van der Waals surface area (Å²) in [6.45, 7) is 1.65. The highest BCUT2D eigenvalue weighted by Crippen LogP contribution is 2.45. The number of fused-ring (bicyclic) bond motifs is 1.